The standard InChI is InChI=1S/C20H22ClN3O2S/c1-11(2)9-24-19(26)16-8-14(21)5-6-17(16)23-20(24)27-10-18(25)15-7-12(3)22-13(15)4/h5-8,11,22H,9-10H2,1-4H3. The number of H-pyrrole nitrogens is 1. The molecule has 3 rings (SSSR count). The highest BCUT2D eigenvalue weighted by Gasteiger charge is 2.17. The van der Waals surface area contributed by atoms with Crippen molar-refractivity contribution in [2.24, 2.45) is 5.92 Å². The molecule has 2 heterocycles. The molecule has 0 saturated heterocycles. The fourth-order valence-electron chi connectivity index (χ4n) is 3.03. The van der Waals surface area contributed by atoms with Crippen LogP contribution in [-0.2, 0) is 6.54 Å². The van der Waals surface area contributed by atoms with Crippen LogP contribution in [0.4, 0.5) is 0 Å². The summed E-state index contributed by atoms with van der Waals surface area (Å²) in [5.41, 5.74) is 2.97. The van der Waals surface area contributed by atoms with Gasteiger partial charge < -0.3 is 4.98 Å². The Kier molecular flexibility index (Phi) is 5.77. The first-order valence-electron chi connectivity index (χ1n) is 8.78. The van der Waals surface area contributed by atoms with Crippen molar-refractivity contribution in [3.63, 3.8) is 0 Å². The van der Waals surface area contributed by atoms with Crippen LogP contribution < -0.4 is 5.56 Å². The van der Waals surface area contributed by atoms with Gasteiger partial charge >= 0.3 is 0 Å². The highest BCUT2D eigenvalue weighted by molar-refractivity contribution is 7.99. The number of thioether (sulfide) groups is 1. The van der Waals surface area contributed by atoms with Crippen molar-refractivity contribution in [2.45, 2.75) is 39.4 Å². The maximum atomic E-state index is 13.0. The number of hydrogen-bond donors (Lipinski definition) is 1. The molecule has 0 unspecified atom stereocenters. The van der Waals surface area contributed by atoms with Gasteiger partial charge in [-0.25, -0.2) is 4.98 Å². The highest BCUT2D eigenvalue weighted by Crippen LogP contribution is 2.22. The van der Waals surface area contributed by atoms with Crippen molar-refractivity contribution >= 4 is 40.0 Å². The van der Waals surface area contributed by atoms with Crippen LogP contribution in [-0.4, -0.2) is 26.1 Å². The lowest BCUT2D eigenvalue weighted by atomic mass is 10.2. The normalized spacial score (nSPS) is 11.5. The number of aryl methyl sites for hydroxylation is 2. The summed E-state index contributed by atoms with van der Waals surface area (Å²) in [6, 6.07) is 6.96. The van der Waals surface area contributed by atoms with E-state index in [1.807, 2.05) is 33.8 Å². The smallest absolute Gasteiger partial charge is 0.262 e. The topological polar surface area (TPSA) is 67.8 Å². The zero-order chi connectivity index (χ0) is 19.7. The summed E-state index contributed by atoms with van der Waals surface area (Å²) in [5.74, 6) is 0.510. The Labute approximate surface area is 167 Å². The molecule has 3 aromatic rings. The van der Waals surface area contributed by atoms with Gasteiger partial charge in [-0.3, -0.25) is 14.2 Å². The molecule has 2 aromatic heterocycles. The summed E-state index contributed by atoms with van der Waals surface area (Å²) in [6.07, 6.45) is 0. The second-order valence-corrected chi connectivity index (χ2v) is 8.45. The summed E-state index contributed by atoms with van der Waals surface area (Å²) >= 11 is 7.35. The zero-order valence-corrected chi connectivity index (χ0v) is 17.4. The predicted octanol–water partition coefficient (Wildman–Crippen LogP) is 4.63. The average Bonchev–Trinajstić information content (AvgIpc) is 2.94. The fourth-order valence-corrected chi connectivity index (χ4v) is 4.09. The van der Waals surface area contributed by atoms with E-state index >= 15 is 0 Å². The van der Waals surface area contributed by atoms with Crippen molar-refractivity contribution in [3.05, 3.63) is 56.6 Å². The first-order chi connectivity index (χ1) is 12.8. The van der Waals surface area contributed by atoms with Crippen molar-refractivity contribution in [2.75, 3.05) is 5.75 Å². The maximum absolute atomic E-state index is 13.0. The molecule has 0 spiro atoms. The van der Waals surface area contributed by atoms with Gasteiger partial charge in [-0.05, 0) is 44.0 Å². The Morgan fingerprint density at radius 2 is 2.04 bits per heavy atom. The van der Waals surface area contributed by atoms with Crippen molar-refractivity contribution in [1.29, 1.82) is 0 Å². The molecular formula is C20H22ClN3O2S. The number of halogens is 1. The monoisotopic (exact) mass is 403 g/mol. The number of fused-ring (bicyclic) bond motifs is 1. The number of ketones is 1. The summed E-state index contributed by atoms with van der Waals surface area (Å²) < 4.78 is 1.65. The fraction of sp³-hybridized carbons (Fsp3) is 0.350. The molecule has 0 saturated carbocycles. The molecule has 0 radical (unpaired) electrons. The van der Waals surface area contributed by atoms with Crippen molar-refractivity contribution < 1.29 is 4.79 Å². The zero-order valence-electron chi connectivity index (χ0n) is 15.8. The van der Waals surface area contributed by atoms with E-state index in [0.717, 1.165) is 11.4 Å². The van der Waals surface area contributed by atoms with Crippen LogP contribution in [0.3, 0.4) is 0 Å². The van der Waals surface area contributed by atoms with E-state index in [0.29, 0.717) is 33.2 Å². The number of carbonyl (C=O) groups excluding carboxylic acids is 1. The Hall–Kier alpha value is -2.05. The lowest BCUT2D eigenvalue weighted by molar-refractivity contribution is 0.102. The number of aromatic amines is 1. The molecule has 142 valence electrons. The summed E-state index contributed by atoms with van der Waals surface area (Å²) in [6.45, 7) is 8.43. The lowest BCUT2D eigenvalue weighted by Crippen LogP contribution is -2.25. The Morgan fingerprint density at radius 1 is 1.30 bits per heavy atom. The number of aromatic nitrogens is 3. The van der Waals surface area contributed by atoms with E-state index in [2.05, 4.69) is 9.97 Å². The molecule has 0 atom stereocenters. The Balaban J connectivity index is 1.97. The van der Waals surface area contributed by atoms with Crippen LogP contribution in [0.5, 0.6) is 0 Å². The van der Waals surface area contributed by atoms with Crippen LogP contribution in [0.2, 0.25) is 5.02 Å². The third-order valence-electron chi connectivity index (χ3n) is 4.21. The minimum atomic E-state index is -0.125. The largest absolute Gasteiger partial charge is 0.362 e. The van der Waals surface area contributed by atoms with Crippen molar-refractivity contribution in [3.8, 4) is 0 Å². The van der Waals surface area contributed by atoms with Gasteiger partial charge in [0, 0.05) is 28.5 Å². The molecule has 0 aliphatic heterocycles. The van der Waals surface area contributed by atoms with Gasteiger partial charge in [0.1, 0.15) is 0 Å². The first kappa shape index (κ1) is 19.7. The van der Waals surface area contributed by atoms with E-state index in [-0.39, 0.29) is 23.0 Å². The lowest BCUT2D eigenvalue weighted by Gasteiger charge is -2.14. The van der Waals surface area contributed by atoms with Crippen LogP contribution >= 0.6 is 23.4 Å². The number of nitrogens with zero attached hydrogens (tertiary/aromatic N) is 2. The molecule has 0 aliphatic carbocycles. The number of benzene rings is 1. The van der Waals surface area contributed by atoms with Crippen LogP contribution in [0.25, 0.3) is 10.9 Å². The average molecular weight is 404 g/mol. The van der Waals surface area contributed by atoms with Crippen LogP contribution in [0, 0.1) is 19.8 Å². The molecule has 5 nitrogen and oxygen atoms in total. The van der Waals surface area contributed by atoms with Crippen LogP contribution in [0.1, 0.15) is 35.6 Å². The summed E-state index contributed by atoms with van der Waals surface area (Å²) in [5, 5.41) is 1.56. The third-order valence-corrected chi connectivity index (χ3v) is 5.42. The van der Waals surface area contributed by atoms with E-state index in [9.17, 15) is 9.59 Å². The van der Waals surface area contributed by atoms with Crippen LogP contribution in [0.15, 0.2) is 34.2 Å². The van der Waals surface area contributed by atoms with Gasteiger partial charge in [-0.15, -0.1) is 0 Å². The molecule has 0 amide bonds. The van der Waals surface area contributed by atoms with E-state index in [1.165, 1.54) is 11.8 Å². The van der Waals surface area contributed by atoms with Gasteiger partial charge in [0.25, 0.3) is 5.56 Å². The maximum Gasteiger partial charge on any atom is 0.262 e. The van der Waals surface area contributed by atoms with Crippen molar-refractivity contribution in [1.82, 2.24) is 14.5 Å². The first-order valence-corrected chi connectivity index (χ1v) is 10.1. The predicted molar refractivity (Wildman–Crippen MR) is 111 cm³/mol. The number of rotatable bonds is 6. The minimum Gasteiger partial charge on any atom is -0.362 e. The molecule has 1 N–H and O–H groups in total. The molecule has 1 aromatic carbocycles. The summed E-state index contributed by atoms with van der Waals surface area (Å²) in [7, 11) is 0. The Morgan fingerprint density at radius 3 is 2.67 bits per heavy atom. The second-order valence-electron chi connectivity index (χ2n) is 7.07. The SMILES string of the molecule is Cc1cc(C(=O)CSc2nc3ccc(Cl)cc3c(=O)n2CC(C)C)c(C)[nH]1. The number of hydrogen-bond acceptors (Lipinski definition) is 4. The van der Waals surface area contributed by atoms with Gasteiger partial charge in [-0.1, -0.05) is 37.2 Å². The quantitative estimate of drug-likeness (QED) is 0.370. The van der Waals surface area contributed by atoms with Gasteiger partial charge in [-0.2, -0.15) is 0 Å². The molecular weight excluding hydrogens is 382 g/mol. The van der Waals surface area contributed by atoms with E-state index in [4.69, 9.17) is 11.6 Å². The third kappa shape index (κ3) is 4.28. The van der Waals surface area contributed by atoms with Gasteiger partial charge in [0.05, 0.1) is 16.7 Å². The molecule has 27 heavy (non-hydrogen) atoms. The summed E-state index contributed by atoms with van der Waals surface area (Å²) in [4.78, 5) is 33.4. The van der Waals surface area contributed by atoms with Gasteiger partial charge in [0.15, 0.2) is 10.9 Å². The number of carbonyl (C=O) groups is 1. The molecule has 0 fully saturated rings. The Bertz CT molecular complexity index is 1070. The number of nitrogens with one attached hydrogen (secondary N) is 1. The molecule has 7 heteroatoms. The second kappa shape index (κ2) is 7.90. The van der Waals surface area contributed by atoms with Gasteiger partial charge in [0.2, 0.25) is 0 Å². The molecule has 0 aliphatic rings. The minimum absolute atomic E-state index is 0.0170. The molecule has 0 bridgehead atoms. The highest BCUT2D eigenvalue weighted by atomic mass is 35.5. The number of Topliss-reactive ketones (excluding diaryl/α,β-unsaturated/α-hetero) is 1. The van der Waals surface area contributed by atoms with E-state index < -0.39 is 0 Å². The van der Waals surface area contributed by atoms with E-state index in [1.54, 1.807) is 22.8 Å².